The third-order valence-electron chi connectivity index (χ3n) is 4.61. The lowest BCUT2D eigenvalue weighted by molar-refractivity contribution is -0.0840. The molecule has 1 aromatic rings. The maximum Gasteiger partial charge on any atom is 0.105 e. The maximum absolute atomic E-state index is 4.62. The van der Waals surface area contributed by atoms with Crippen LogP contribution in [-0.4, -0.2) is 50.6 Å². The molecule has 2 atom stereocenters. The molecule has 0 radical (unpaired) electrons. The van der Waals surface area contributed by atoms with Crippen LogP contribution in [-0.2, 0) is 13.6 Å². The topological polar surface area (TPSA) is 24.3 Å². The summed E-state index contributed by atoms with van der Waals surface area (Å²) in [5, 5.41) is 0. The Morgan fingerprint density at radius 1 is 1.33 bits per heavy atom. The molecular formula is C14H24N4. The van der Waals surface area contributed by atoms with Crippen molar-refractivity contribution in [2.45, 2.75) is 51.9 Å². The van der Waals surface area contributed by atoms with Gasteiger partial charge in [-0.1, -0.05) is 0 Å². The molecule has 0 saturated carbocycles. The summed E-state index contributed by atoms with van der Waals surface area (Å²) in [6.45, 7) is 10.2. The average molecular weight is 248 g/mol. The highest BCUT2D eigenvalue weighted by molar-refractivity contribution is 5.08. The second-order valence-electron chi connectivity index (χ2n) is 6.15. The van der Waals surface area contributed by atoms with Crippen molar-refractivity contribution in [3.8, 4) is 0 Å². The zero-order valence-electron chi connectivity index (χ0n) is 11.9. The molecule has 2 bridgehead atoms. The molecule has 4 heteroatoms. The Kier molecular flexibility index (Phi) is 2.94. The Morgan fingerprint density at radius 3 is 2.50 bits per heavy atom. The Hall–Kier alpha value is -0.870. The van der Waals surface area contributed by atoms with Crippen LogP contribution >= 0.6 is 0 Å². The first-order valence-corrected chi connectivity index (χ1v) is 7.03. The fraction of sp³-hybridized carbons (Fsp3) is 0.786. The van der Waals surface area contributed by atoms with E-state index >= 15 is 0 Å². The highest BCUT2D eigenvalue weighted by Crippen LogP contribution is 2.34. The van der Waals surface area contributed by atoms with E-state index in [9.17, 15) is 0 Å². The van der Waals surface area contributed by atoms with Crippen molar-refractivity contribution in [1.29, 1.82) is 0 Å². The number of fused-ring (bicyclic) bond motifs is 2. The Labute approximate surface area is 110 Å². The number of piperidine rings is 1. The van der Waals surface area contributed by atoms with Gasteiger partial charge in [0.05, 0.1) is 5.69 Å². The number of aryl methyl sites for hydroxylation is 2. The van der Waals surface area contributed by atoms with E-state index in [-0.39, 0.29) is 0 Å². The van der Waals surface area contributed by atoms with E-state index in [0.29, 0.717) is 6.04 Å². The molecule has 2 aliphatic heterocycles. The summed E-state index contributed by atoms with van der Waals surface area (Å²) in [6.07, 6.45) is 3.55. The first-order chi connectivity index (χ1) is 8.54. The number of aromatic nitrogens is 2. The van der Waals surface area contributed by atoms with Gasteiger partial charge in [0.1, 0.15) is 5.82 Å². The second kappa shape index (κ2) is 4.35. The van der Waals surface area contributed by atoms with Crippen LogP contribution in [0, 0.1) is 6.92 Å². The third-order valence-corrected chi connectivity index (χ3v) is 4.61. The first kappa shape index (κ1) is 12.2. The standard InChI is InChI=1S/C14H24N4/c1-10(2)17-8-13-5-14(9-17)18(13)7-12-6-16(4)11(3)15-12/h6,10,13-14H,5,7-9H2,1-4H3. The molecule has 0 aliphatic carbocycles. The van der Waals surface area contributed by atoms with Gasteiger partial charge in [0.25, 0.3) is 0 Å². The van der Waals surface area contributed by atoms with E-state index < -0.39 is 0 Å². The number of nitrogens with zero attached hydrogens (tertiary/aromatic N) is 4. The lowest BCUT2D eigenvalue weighted by Gasteiger charge is -2.57. The van der Waals surface area contributed by atoms with E-state index in [0.717, 1.165) is 24.5 Å². The maximum atomic E-state index is 4.62. The molecule has 18 heavy (non-hydrogen) atoms. The summed E-state index contributed by atoms with van der Waals surface area (Å²) in [7, 11) is 2.07. The highest BCUT2D eigenvalue weighted by atomic mass is 15.4. The van der Waals surface area contributed by atoms with E-state index in [1.165, 1.54) is 25.2 Å². The van der Waals surface area contributed by atoms with Crippen molar-refractivity contribution in [3.63, 3.8) is 0 Å². The summed E-state index contributed by atoms with van der Waals surface area (Å²) >= 11 is 0. The lowest BCUT2D eigenvalue weighted by Crippen LogP contribution is -2.68. The van der Waals surface area contributed by atoms with Gasteiger partial charge >= 0.3 is 0 Å². The molecule has 2 saturated heterocycles. The number of rotatable bonds is 3. The van der Waals surface area contributed by atoms with Gasteiger partial charge in [-0.2, -0.15) is 0 Å². The van der Waals surface area contributed by atoms with Gasteiger partial charge in [0, 0.05) is 51.0 Å². The summed E-state index contributed by atoms with van der Waals surface area (Å²) in [4.78, 5) is 9.87. The molecule has 100 valence electrons. The van der Waals surface area contributed by atoms with E-state index in [4.69, 9.17) is 0 Å². The van der Waals surface area contributed by atoms with Crippen LogP contribution in [0.15, 0.2) is 6.20 Å². The Balaban J connectivity index is 1.63. The van der Waals surface area contributed by atoms with Crippen molar-refractivity contribution < 1.29 is 0 Å². The van der Waals surface area contributed by atoms with Crippen LogP contribution in [0.3, 0.4) is 0 Å². The van der Waals surface area contributed by atoms with Gasteiger partial charge < -0.3 is 4.57 Å². The quantitative estimate of drug-likeness (QED) is 0.808. The zero-order valence-corrected chi connectivity index (χ0v) is 11.9. The molecule has 3 heterocycles. The van der Waals surface area contributed by atoms with Crippen LogP contribution in [0.1, 0.15) is 31.8 Å². The molecule has 0 spiro atoms. The number of hydrogen-bond acceptors (Lipinski definition) is 3. The average Bonchev–Trinajstić information content (AvgIpc) is 2.66. The van der Waals surface area contributed by atoms with E-state index in [1.54, 1.807) is 0 Å². The summed E-state index contributed by atoms with van der Waals surface area (Å²) in [5.41, 5.74) is 1.22. The number of piperazine rings is 1. The predicted molar refractivity (Wildman–Crippen MR) is 72.4 cm³/mol. The van der Waals surface area contributed by atoms with Crippen LogP contribution in [0.25, 0.3) is 0 Å². The van der Waals surface area contributed by atoms with Crippen molar-refractivity contribution in [2.24, 2.45) is 7.05 Å². The van der Waals surface area contributed by atoms with Gasteiger partial charge in [-0.15, -0.1) is 0 Å². The van der Waals surface area contributed by atoms with E-state index in [1.807, 2.05) is 0 Å². The molecule has 2 aliphatic rings. The minimum Gasteiger partial charge on any atom is -0.338 e. The third kappa shape index (κ3) is 1.97. The van der Waals surface area contributed by atoms with Crippen LogP contribution in [0.5, 0.6) is 0 Å². The van der Waals surface area contributed by atoms with Crippen molar-refractivity contribution in [1.82, 2.24) is 19.4 Å². The molecule has 2 unspecified atom stereocenters. The van der Waals surface area contributed by atoms with Gasteiger partial charge in [0.15, 0.2) is 0 Å². The zero-order chi connectivity index (χ0) is 12.9. The molecule has 0 amide bonds. The molecule has 1 aromatic heterocycles. The van der Waals surface area contributed by atoms with Crippen molar-refractivity contribution >= 4 is 0 Å². The van der Waals surface area contributed by atoms with Gasteiger partial charge in [-0.05, 0) is 27.2 Å². The van der Waals surface area contributed by atoms with Gasteiger partial charge in [-0.25, -0.2) is 4.98 Å². The SMILES string of the molecule is Cc1nc(CN2C3CC2CN(C(C)C)C3)cn1C. The number of hydrogen-bond donors (Lipinski definition) is 0. The molecular weight excluding hydrogens is 224 g/mol. The monoisotopic (exact) mass is 248 g/mol. The van der Waals surface area contributed by atoms with Crippen molar-refractivity contribution in [3.05, 3.63) is 17.7 Å². The summed E-state index contributed by atoms with van der Waals surface area (Å²) < 4.78 is 2.12. The van der Waals surface area contributed by atoms with Crippen LogP contribution in [0.4, 0.5) is 0 Å². The smallest absolute Gasteiger partial charge is 0.105 e. The van der Waals surface area contributed by atoms with E-state index in [2.05, 4.69) is 53.4 Å². The normalized spacial score (nSPS) is 28.7. The summed E-state index contributed by atoms with van der Waals surface area (Å²) in [5.74, 6) is 1.11. The number of imidazole rings is 1. The van der Waals surface area contributed by atoms with Crippen LogP contribution < -0.4 is 0 Å². The molecule has 4 nitrogen and oxygen atoms in total. The molecule has 0 N–H and O–H groups in total. The molecule has 0 aromatic carbocycles. The van der Waals surface area contributed by atoms with Crippen molar-refractivity contribution in [2.75, 3.05) is 13.1 Å². The lowest BCUT2D eigenvalue weighted by atomic mass is 9.86. The largest absolute Gasteiger partial charge is 0.338 e. The fourth-order valence-corrected chi connectivity index (χ4v) is 3.30. The fourth-order valence-electron chi connectivity index (χ4n) is 3.30. The predicted octanol–water partition coefficient (Wildman–Crippen LogP) is 1.40. The first-order valence-electron chi connectivity index (χ1n) is 7.03. The summed E-state index contributed by atoms with van der Waals surface area (Å²) in [6, 6.07) is 2.21. The number of likely N-dealkylation sites (tertiary alicyclic amines) is 2. The van der Waals surface area contributed by atoms with Gasteiger partial charge in [0.2, 0.25) is 0 Å². The minimum atomic E-state index is 0.689. The molecule has 2 fully saturated rings. The van der Waals surface area contributed by atoms with Crippen LogP contribution in [0.2, 0.25) is 0 Å². The van der Waals surface area contributed by atoms with Gasteiger partial charge in [-0.3, -0.25) is 9.80 Å². The highest BCUT2D eigenvalue weighted by Gasteiger charge is 2.44. The Bertz CT molecular complexity index is 406. The second-order valence-corrected chi connectivity index (χ2v) is 6.15. The minimum absolute atomic E-state index is 0.689. The molecule has 3 rings (SSSR count). The Morgan fingerprint density at radius 2 is 2.00 bits per heavy atom.